The van der Waals surface area contributed by atoms with Gasteiger partial charge in [0.2, 0.25) is 0 Å². The number of halogens is 1. The maximum absolute atomic E-state index is 13.2. The summed E-state index contributed by atoms with van der Waals surface area (Å²) < 4.78 is 17.3. The van der Waals surface area contributed by atoms with E-state index in [2.05, 4.69) is 22.2 Å². The Morgan fingerprint density at radius 2 is 2.00 bits per heavy atom. The van der Waals surface area contributed by atoms with Crippen LogP contribution in [0.15, 0.2) is 74.0 Å². The smallest absolute Gasteiger partial charge is 0.123 e. The van der Waals surface area contributed by atoms with Gasteiger partial charge in [-0.3, -0.25) is 0 Å². The average Bonchev–Trinajstić information content (AvgIpc) is 3.15. The van der Waals surface area contributed by atoms with Crippen molar-refractivity contribution in [3.05, 3.63) is 91.0 Å². The molecule has 2 aromatic heterocycles. The Balaban J connectivity index is 2.10. The quantitative estimate of drug-likeness (QED) is 0.655. The molecule has 3 nitrogen and oxygen atoms in total. The lowest BCUT2D eigenvalue weighted by atomic mass is 10.0. The van der Waals surface area contributed by atoms with Gasteiger partial charge in [0.05, 0.1) is 12.4 Å². The molecule has 3 aromatic rings. The molecule has 1 aromatic carbocycles. The highest BCUT2D eigenvalue weighted by Crippen LogP contribution is 2.27. The summed E-state index contributed by atoms with van der Waals surface area (Å²) in [5.74, 6) is -0.232. The van der Waals surface area contributed by atoms with E-state index in [1.165, 1.54) is 12.1 Å². The van der Waals surface area contributed by atoms with E-state index >= 15 is 0 Å². The third-order valence-corrected chi connectivity index (χ3v) is 3.48. The average molecular weight is 281 g/mol. The summed E-state index contributed by atoms with van der Waals surface area (Å²) in [7, 11) is 0. The molecular formula is C17H16FN3. The molecule has 0 radical (unpaired) electrons. The molecule has 4 heteroatoms. The summed E-state index contributed by atoms with van der Waals surface area (Å²) in [6, 6.07) is 10.6. The Labute approximate surface area is 123 Å². The van der Waals surface area contributed by atoms with E-state index in [-0.39, 0.29) is 11.9 Å². The topological polar surface area (TPSA) is 22.8 Å². The summed E-state index contributed by atoms with van der Waals surface area (Å²) in [6.45, 7) is 4.52. The lowest BCUT2D eigenvalue weighted by Crippen LogP contribution is -2.15. The van der Waals surface area contributed by atoms with Gasteiger partial charge in [-0.2, -0.15) is 0 Å². The third-order valence-electron chi connectivity index (χ3n) is 3.48. The zero-order chi connectivity index (χ0) is 14.7. The summed E-state index contributed by atoms with van der Waals surface area (Å²) >= 11 is 0. The van der Waals surface area contributed by atoms with E-state index in [9.17, 15) is 4.39 Å². The molecule has 0 saturated carbocycles. The van der Waals surface area contributed by atoms with Crippen LogP contribution in [0.4, 0.5) is 4.39 Å². The van der Waals surface area contributed by atoms with Crippen LogP contribution < -0.4 is 0 Å². The van der Waals surface area contributed by atoms with Gasteiger partial charge >= 0.3 is 0 Å². The van der Waals surface area contributed by atoms with Crippen LogP contribution in [-0.2, 0) is 6.54 Å². The van der Waals surface area contributed by atoms with Gasteiger partial charge in [-0.15, -0.1) is 6.58 Å². The molecule has 106 valence electrons. The molecule has 0 amide bonds. The molecule has 3 rings (SSSR count). The largest absolute Gasteiger partial charge is 0.345 e. The number of imidazole rings is 1. The Hall–Kier alpha value is -2.62. The molecule has 21 heavy (non-hydrogen) atoms. The summed E-state index contributed by atoms with van der Waals surface area (Å²) in [5.41, 5.74) is 2.12. The van der Waals surface area contributed by atoms with Crippen molar-refractivity contribution < 1.29 is 4.39 Å². The van der Waals surface area contributed by atoms with Gasteiger partial charge in [0.1, 0.15) is 5.82 Å². The Kier molecular flexibility index (Phi) is 3.69. The number of allylic oxidation sites excluding steroid dienone is 1. The zero-order valence-corrected chi connectivity index (χ0v) is 11.6. The molecule has 2 heterocycles. The third kappa shape index (κ3) is 2.65. The van der Waals surface area contributed by atoms with Crippen molar-refractivity contribution in [3.8, 4) is 0 Å². The van der Waals surface area contributed by atoms with Crippen LogP contribution in [0, 0.1) is 5.82 Å². The first-order chi connectivity index (χ1) is 10.3. The van der Waals surface area contributed by atoms with Crippen LogP contribution in [0.5, 0.6) is 0 Å². The first-order valence-electron chi connectivity index (χ1n) is 6.78. The minimum atomic E-state index is -0.232. The molecule has 1 unspecified atom stereocenters. The van der Waals surface area contributed by atoms with E-state index in [4.69, 9.17) is 0 Å². The van der Waals surface area contributed by atoms with Crippen LogP contribution in [0.25, 0.3) is 0 Å². The minimum absolute atomic E-state index is 0.0388. The SMILES string of the molecule is C=CCn1cccc1C(c1ccc(F)cc1)n1ccnc1. The van der Waals surface area contributed by atoms with Crippen LogP contribution in [-0.4, -0.2) is 14.1 Å². The molecule has 0 aliphatic rings. The van der Waals surface area contributed by atoms with Gasteiger partial charge in [-0.05, 0) is 29.8 Å². The predicted molar refractivity (Wildman–Crippen MR) is 80.5 cm³/mol. The van der Waals surface area contributed by atoms with Crippen molar-refractivity contribution in [1.82, 2.24) is 14.1 Å². The van der Waals surface area contributed by atoms with Crippen molar-refractivity contribution in [2.45, 2.75) is 12.6 Å². The summed E-state index contributed by atoms with van der Waals surface area (Å²) in [5, 5.41) is 0. The molecule has 0 spiro atoms. The highest BCUT2D eigenvalue weighted by Gasteiger charge is 2.18. The maximum Gasteiger partial charge on any atom is 0.123 e. The van der Waals surface area contributed by atoms with E-state index in [0.29, 0.717) is 0 Å². The number of nitrogens with zero attached hydrogens (tertiary/aromatic N) is 3. The highest BCUT2D eigenvalue weighted by atomic mass is 19.1. The maximum atomic E-state index is 13.2. The van der Waals surface area contributed by atoms with Gasteiger partial charge < -0.3 is 9.13 Å². The van der Waals surface area contributed by atoms with Gasteiger partial charge in [0, 0.05) is 30.8 Å². The molecular weight excluding hydrogens is 265 g/mol. The molecule has 0 aliphatic carbocycles. The normalized spacial score (nSPS) is 12.2. The standard InChI is InChI=1S/C17H16FN3/c1-2-10-20-11-3-4-16(20)17(21-12-9-19-13-21)14-5-7-15(18)8-6-14/h2-9,11-13,17H,1,10H2. The van der Waals surface area contributed by atoms with E-state index in [1.807, 2.05) is 41.2 Å². The first kappa shape index (κ1) is 13.4. The Bertz CT molecular complexity index is 711. The van der Waals surface area contributed by atoms with E-state index in [0.717, 1.165) is 17.8 Å². The van der Waals surface area contributed by atoms with Crippen LogP contribution in [0.1, 0.15) is 17.3 Å². The molecule has 0 N–H and O–H groups in total. The number of benzene rings is 1. The number of rotatable bonds is 5. The van der Waals surface area contributed by atoms with Crippen molar-refractivity contribution in [3.63, 3.8) is 0 Å². The number of aromatic nitrogens is 3. The molecule has 0 saturated heterocycles. The second-order valence-corrected chi connectivity index (χ2v) is 4.84. The van der Waals surface area contributed by atoms with Crippen molar-refractivity contribution in [2.75, 3.05) is 0 Å². The monoisotopic (exact) mass is 281 g/mol. The fourth-order valence-corrected chi connectivity index (χ4v) is 2.54. The van der Waals surface area contributed by atoms with Gasteiger partial charge in [-0.1, -0.05) is 18.2 Å². The second-order valence-electron chi connectivity index (χ2n) is 4.84. The van der Waals surface area contributed by atoms with Crippen molar-refractivity contribution in [2.24, 2.45) is 0 Å². The van der Waals surface area contributed by atoms with Gasteiger partial charge in [-0.25, -0.2) is 9.37 Å². The molecule has 1 atom stereocenters. The first-order valence-corrected chi connectivity index (χ1v) is 6.78. The predicted octanol–water partition coefficient (Wildman–Crippen LogP) is 3.65. The number of hydrogen-bond donors (Lipinski definition) is 0. The molecule has 0 bridgehead atoms. The lowest BCUT2D eigenvalue weighted by molar-refractivity contribution is 0.604. The van der Waals surface area contributed by atoms with Crippen molar-refractivity contribution in [1.29, 1.82) is 0 Å². The van der Waals surface area contributed by atoms with Crippen LogP contribution >= 0.6 is 0 Å². The van der Waals surface area contributed by atoms with E-state index in [1.54, 1.807) is 12.5 Å². The second kappa shape index (κ2) is 5.79. The lowest BCUT2D eigenvalue weighted by Gasteiger charge is -2.21. The fraction of sp³-hybridized carbons (Fsp3) is 0.118. The van der Waals surface area contributed by atoms with Crippen LogP contribution in [0.2, 0.25) is 0 Å². The fourth-order valence-electron chi connectivity index (χ4n) is 2.54. The zero-order valence-electron chi connectivity index (χ0n) is 11.6. The molecule has 0 aliphatic heterocycles. The number of hydrogen-bond acceptors (Lipinski definition) is 1. The van der Waals surface area contributed by atoms with Crippen LogP contribution in [0.3, 0.4) is 0 Å². The Morgan fingerprint density at radius 1 is 1.19 bits per heavy atom. The summed E-state index contributed by atoms with van der Waals surface area (Å²) in [6.07, 6.45) is 9.32. The summed E-state index contributed by atoms with van der Waals surface area (Å²) in [4.78, 5) is 4.13. The Morgan fingerprint density at radius 3 is 2.67 bits per heavy atom. The van der Waals surface area contributed by atoms with Crippen molar-refractivity contribution >= 4 is 0 Å². The van der Waals surface area contributed by atoms with Gasteiger partial charge in [0.25, 0.3) is 0 Å². The molecule has 0 fully saturated rings. The van der Waals surface area contributed by atoms with Gasteiger partial charge in [0.15, 0.2) is 0 Å². The minimum Gasteiger partial charge on any atom is -0.345 e. The van der Waals surface area contributed by atoms with E-state index < -0.39 is 0 Å². The highest BCUT2D eigenvalue weighted by molar-refractivity contribution is 5.30.